The Kier molecular flexibility index (Phi) is 7.22. The molecule has 0 radical (unpaired) electrons. The molecule has 1 aliphatic heterocycles. The van der Waals surface area contributed by atoms with Crippen LogP contribution in [0.15, 0.2) is 59.8 Å². The fraction of sp³-hybridized carbons (Fsp3) is 0.292. The van der Waals surface area contributed by atoms with E-state index in [-0.39, 0.29) is 35.9 Å². The second kappa shape index (κ2) is 10.1. The minimum Gasteiger partial charge on any atom is -0.390 e. The van der Waals surface area contributed by atoms with E-state index in [0.717, 1.165) is 22.0 Å². The smallest absolute Gasteiger partial charge is 0.390 e. The molecule has 3 heterocycles. The van der Waals surface area contributed by atoms with Crippen LogP contribution in [0.25, 0.3) is 11.1 Å². The number of alkyl halides is 3. The number of aliphatic hydroxyl groups excluding tert-OH is 1. The fourth-order valence-electron chi connectivity index (χ4n) is 4.05. The molecule has 9 nitrogen and oxygen atoms in total. The number of nitrogens with zero attached hydrogens (tertiary/aromatic N) is 3. The van der Waals surface area contributed by atoms with E-state index in [4.69, 9.17) is 5.73 Å². The van der Waals surface area contributed by atoms with Crippen molar-refractivity contribution >= 4 is 21.7 Å². The number of hydrogen-bond donors (Lipinski definition) is 3. The molecule has 0 saturated carbocycles. The zero-order valence-electron chi connectivity index (χ0n) is 19.6. The van der Waals surface area contributed by atoms with Crippen molar-refractivity contribution in [3.63, 3.8) is 0 Å². The highest BCUT2D eigenvalue weighted by atomic mass is 32.2. The van der Waals surface area contributed by atoms with Crippen molar-refractivity contribution in [3.8, 4) is 11.1 Å². The number of carbonyl (C=O) groups is 1. The van der Waals surface area contributed by atoms with E-state index in [9.17, 15) is 31.5 Å². The standard InChI is InChI=1S/C24H24F3N5O4S/c1-14-11-29-20(23(28)34)10-18(14)15-2-5-17(6-3-15)37(35,36)32-9-8-19(21(33)13-32)31-22-7-4-16(12-30-22)24(25,26)27/h2-7,10-12,19,21,33H,8-9,13H2,1H3,(H2,28,34)(H,30,31)/t19-,21+/m1/s1. The van der Waals surface area contributed by atoms with Crippen LogP contribution in [0.2, 0.25) is 0 Å². The summed E-state index contributed by atoms with van der Waals surface area (Å²) < 4.78 is 65.7. The third-order valence-corrected chi connectivity index (χ3v) is 8.01. The van der Waals surface area contributed by atoms with Crippen LogP contribution in [0.1, 0.15) is 28.0 Å². The third-order valence-electron chi connectivity index (χ3n) is 6.13. The van der Waals surface area contributed by atoms with E-state index in [1.165, 1.54) is 18.3 Å². The van der Waals surface area contributed by atoms with Gasteiger partial charge < -0.3 is 16.2 Å². The van der Waals surface area contributed by atoms with Gasteiger partial charge in [-0.3, -0.25) is 9.78 Å². The quantitative estimate of drug-likeness (QED) is 0.441. The van der Waals surface area contributed by atoms with Crippen LogP contribution < -0.4 is 11.1 Å². The largest absolute Gasteiger partial charge is 0.417 e. The number of amides is 1. The number of nitrogens with two attached hydrogens (primary N) is 1. The van der Waals surface area contributed by atoms with Crippen LogP contribution in [-0.4, -0.2) is 58.9 Å². The summed E-state index contributed by atoms with van der Waals surface area (Å²) in [5, 5.41) is 13.4. The predicted molar refractivity (Wildman–Crippen MR) is 129 cm³/mol. The number of sulfonamides is 1. The summed E-state index contributed by atoms with van der Waals surface area (Å²) in [6, 6.07) is 9.11. The van der Waals surface area contributed by atoms with Crippen LogP contribution in [0.5, 0.6) is 0 Å². The zero-order chi connectivity index (χ0) is 27.0. The van der Waals surface area contributed by atoms with E-state index in [2.05, 4.69) is 15.3 Å². The molecule has 37 heavy (non-hydrogen) atoms. The molecule has 0 spiro atoms. The number of pyridine rings is 2. The topological polar surface area (TPSA) is 139 Å². The first-order chi connectivity index (χ1) is 17.4. The molecular weight excluding hydrogens is 511 g/mol. The van der Waals surface area contributed by atoms with Crippen molar-refractivity contribution in [3.05, 3.63) is 71.7 Å². The maximum absolute atomic E-state index is 13.2. The number of carbonyl (C=O) groups excluding carboxylic acids is 1. The van der Waals surface area contributed by atoms with E-state index in [0.29, 0.717) is 17.3 Å². The van der Waals surface area contributed by atoms with Gasteiger partial charge >= 0.3 is 6.18 Å². The van der Waals surface area contributed by atoms with Crippen molar-refractivity contribution in [1.82, 2.24) is 14.3 Å². The highest BCUT2D eigenvalue weighted by Gasteiger charge is 2.35. The molecule has 4 N–H and O–H groups in total. The maximum atomic E-state index is 13.2. The van der Waals surface area contributed by atoms with E-state index >= 15 is 0 Å². The van der Waals surface area contributed by atoms with Gasteiger partial charge in [0.15, 0.2) is 0 Å². The molecule has 1 saturated heterocycles. The lowest BCUT2D eigenvalue weighted by Crippen LogP contribution is -2.51. The number of primary amides is 1. The summed E-state index contributed by atoms with van der Waals surface area (Å²) in [6.07, 6.45) is -3.20. The SMILES string of the molecule is Cc1cnc(C(N)=O)cc1-c1ccc(S(=O)(=O)N2CC[C@@H](Nc3ccc(C(F)(F)F)cn3)[C@@H](O)C2)cc1. The van der Waals surface area contributed by atoms with Crippen molar-refractivity contribution < 1.29 is 31.5 Å². The number of β-amino-alcohol motifs (C(OH)–C–C–N with tert-alkyl or cyclic N) is 1. The predicted octanol–water partition coefficient (Wildman–Crippen LogP) is 2.81. The molecule has 2 aromatic heterocycles. The van der Waals surface area contributed by atoms with Crippen LogP contribution in [0, 0.1) is 6.92 Å². The Bertz CT molecular complexity index is 1400. The molecule has 196 valence electrons. The van der Waals surface area contributed by atoms with Crippen molar-refractivity contribution in [1.29, 1.82) is 0 Å². The monoisotopic (exact) mass is 535 g/mol. The number of benzene rings is 1. The summed E-state index contributed by atoms with van der Waals surface area (Å²) in [7, 11) is -3.93. The van der Waals surface area contributed by atoms with Gasteiger partial charge in [-0.05, 0) is 60.4 Å². The van der Waals surface area contributed by atoms with Gasteiger partial charge in [-0.25, -0.2) is 13.4 Å². The normalized spacial score (nSPS) is 18.9. The molecule has 1 aliphatic rings. The van der Waals surface area contributed by atoms with Crippen LogP contribution >= 0.6 is 0 Å². The number of hydrogen-bond acceptors (Lipinski definition) is 7. The van der Waals surface area contributed by atoms with E-state index in [1.807, 2.05) is 0 Å². The lowest BCUT2D eigenvalue weighted by atomic mass is 10.0. The van der Waals surface area contributed by atoms with Crippen LogP contribution in [0.3, 0.4) is 0 Å². The van der Waals surface area contributed by atoms with Crippen LogP contribution in [0.4, 0.5) is 19.0 Å². The average molecular weight is 536 g/mol. The number of aromatic nitrogens is 2. The number of aliphatic hydroxyl groups is 1. The zero-order valence-corrected chi connectivity index (χ0v) is 20.4. The Morgan fingerprint density at radius 1 is 1.14 bits per heavy atom. The molecule has 0 bridgehead atoms. The van der Waals surface area contributed by atoms with Crippen molar-refractivity contribution in [2.45, 2.75) is 36.6 Å². The van der Waals surface area contributed by atoms with Gasteiger partial charge in [-0.15, -0.1) is 0 Å². The van der Waals surface area contributed by atoms with Crippen molar-refractivity contribution in [2.24, 2.45) is 5.73 Å². The molecule has 0 unspecified atom stereocenters. The first-order valence-electron chi connectivity index (χ1n) is 11.2. The minimum absolute atomic E-state index is 0.0288. The number of piperidine rings is 1. The second-order valence-electron chi connectivity index (χ2n) is 8.67. The van der Waals surface area contributed by atoms with Gasteiger partial charge in [0.25, 0.3) is 5.91 Å². The summed E-state index contributed by atoms with van der Waals surface area (Å²) in [5.41, 5.74) is 6.65. The Morgan fingerprint density at radius 3 is 2.41 bits per heavy atom. The van der Waals surface area contributed by atoms with Crippen molar-refractivity contribution in [2.75, 3.05) is 18.4 Å². The first kappa shape index (κ1) is 26.5. The lowest BCUT2D eigenvalue weighted by Gasteiger charge is -2.35. The lowest BCUT2D eigenvalue weighted by molar-refractivity contribution is -0.137. The Balaban J connectivity index is 1.45. The number of aryl methyl sites for hydroxylation is 1. The Hall–Kier alpha value is -3.55. The Morgan fingerprint density at radius 2 is 1.84 bits per heavy atom. The molecule has 3 aromatic rings. The van der Waals surface area contributed by atoms with Gasteiger partial charge in [-0.2, -0.15) is 17.5 Å². The molecule has 2 atom stereocenters. The van der Waals surface area contributed by atoms with Gasteiger partial charge in [0.05, 0.1) is 22.6 Å². The summed E-state index contributed by atoms with van der Waals surface area (Å²) in [6.45, 7) is 1.69. The number of halogens is 3. The van der Waals surface area contributed by atoms with Gasteiger partial charge in [0.1, 0.15) is 11.5 Å². The molecule has 1 amide bonds. The summed E-state index contributed by atoms with van der Waals surface area (Å²) >= 11 is 0. The van der Waals surface area contributed by atoms with Crippen LogP contribution in [-0.2, 0) is 16.2 Å². The highest BCUT2D eigenvalue weighted by molar-refractivity contribution is 7.89. The molecular formula is C24H24F3N5O4S. The molecule has 0 aliphatic carbocycles. The van der Waals surface area contributed by atoms with Gasteiger partial charge in [0.2, 0.25) is 10.0 Å². The number of anilines is 1. The highest BCUT2D eigenvalue weighted by Crippen LogP contribution is 2.30. The van der Waals surface area contributed by atoms with E-state index in [1.54, 1.807) is 25.1 Å². The minimum atomic E-state index is -4.51. The third kappa shape index (κ3) is 5.73. The molecule has 1 fully saturated rings. The van der Waals surface area contributed by atoms with Gasteiger partial charge in [-0.1, -0.05) is 12.1 Å². The molecule has 13 heteroatoms. The Labute approximate surface area is 211 Å². The summed E-state index contributed by atoms with van der Waals surface area (Å²) in [4.78, 5) is 19.2. The number of rotatable bonds is 6. The van der Waals surface area contributed by atoms with Gasteiger partial charge in [0, 0.05) is 25.5 Å². The average Bonchev–Trinajstić information content (AvgIpc) is 2.85. The molecule has 4 rings (SSSR count). The number of nitrogens with one attached hydrogen (secondary N) is 1. The fourth-order valence-corrected chi connectivity index (χ4v) is 5.52. The second-order valence-corrected chi connectivity index (χ2v) is 10.6. The summed E-state index contributed by atoms with van der Waals surface area (Å²) in [5.74, 6) is -0.527. The first-order valence-corrected chi connectivity index (χ1v) is 12.6. The van der Waals surface area contributed by atoms with E-state index < -0.39 is 39.8 Å². The molecule has 1 aromatic carbocycles. The maximum Gasteiger partial charge on any atom is 0.417 e.